The lowest BCUT2D eigenvalue weighted by molar-refractivity contribution is -0.465. The van der Waals surface area contributed by atoms with Crippen molar-refractivity contribution in [3.8, 4) is 0 Å². The molecule has 1 aromatic rings. The first-order valence-corrected chi connectivity index (χ1v) is 3.36. The maximum absolute atomic E-state index is 10.5. The molecule has 0 radical (unpaired) electrons. The summed E-state index contributed by atoms with van der Waals surface area (Å²) in [6, 6.07) is 5.34. The van der Waals surface area contributed by atoms with Crippen molar-refractivity contribution in [2.75, 3.05) is 0 Å². The van der Waals surface area contributed by atoms with E-state index in [2.05, 4.69) is 0 Å². The lowest BCUT2D eigenvalue weighted by Gasteiger charge is -1.99. The number of benzene rings is 1. The van der Waals surface area contributed by atoms with Gasteiger partial charge in [0.2, 0.25) is 5.69 Å². The van der Waals surface area contributed by atoms with Gasteiger partial charge in [0.1, 0.15) is 0 Å². The summed E-state index contributed by atoms with van der Waals surface area (Å²) in [7, 11) is 0. The van der Waals surface area contributed by atoms with Gasteiger partial charge in [-0.3, -0.25) is 0 Å². The van der Waals surface area contributed by atoms with E-state index in [0.29, 0.717) is 5.69 Å². The molecule has 11 heavy (non-hydrogen) atoms. The summed E-state index contributed by atoms with van der Waals surface area (Å²) >= 11 is 0. The van der Waals surface area contributed by atoms with Gasteiger partial charge in [0, 0.05) is 12.1 Å². The van der Waals surface area contributed by atoms with Crippen molar-refractivity contribution in [3.63, 3.8) is 0 Å². The number of hydrogen-bond acceptors (Lipinski definition) is 2. The zero-order valence-corrected chi connectivity index (χ0v) is 6.59. The maximum Gasteiger partial charge on any atom is 0.244 e. The molecule has 0 unspecified atom stereocenters. The Morgan fingerprint density at radius 3 is 2.00 bits per heavy atom. The average Bonchev–Trinajstić information content (AvgIpc) is 1.85. The molecular weight excluding hydrogens is 140 g/mol. The van der Waals surface area contributed by atoms with Gasteiger partial charge in [-0.15, -0.1) is 0 Å². The highest BCUT2D eigenvalue weighted by atomic mass is 16.5. The third-order valence-electron chi connectivity index (χ3n) is 1.44. The van der Waals surface area contributed by atoms with Crippen molar-refractivity contribution >= 4 is 5.69 Å². The summed E-state index contributed by atoms with van der Waals surface area (Å²) in [6.07, 6.45) is 0. The van der Waals surface area contributed by atoms with Crippen molar-refractivity contribution < 1.29 is 4.86 Å². The Morgan fingerprint density at radius 2 is 1.64 bits per heavy atom. The first kappa shape index (κ1) is 7.72. The summed E-state index contributed by atoms with van der Waals surface area (Å²) in [5.74, 6) is 0. The van der Waals surface area contributed by atoms with Crippen LogP contribution >= 0.6 is 0 Å². The molecule has 0 saturated heterocycles. The fourth-order valence-corrected chi connectivity index (χ4v) is 1.07. The summed E-state index contributed by atoms with van der Waals surface area (Å²) < 4.78 is 0. The van der Waals surface area contributed by atoms with Crippen LogP contribution in [0.2, 0.25) is 0 Å². The minimum atomic E-state index is 0.125. The van der Waals surface area contributed by atoms with Crippen molar-refractivity contribution in [2.45, 2.75) is 13.8 Å². The van der Waals surface area contributed by atoms with Crippen LogP contribution in [0.5, 0.6) is 0 Å². The first-order chi connectivity index (χ1) is 5.09. The van der Waals surface area contributed by atoms with Crippen molar-refractivity contribution in [2.24, 2.45) is 0 Å². The lowest BCUT2D eigenvalue weighted by atomic mass is 10.1. The second kappa shape index (κ2) is 2.70. The third-order valence-corrected chi connectivity index (χ3v) is 1.44. The third kappa shape index (κ3) is 1.77. The van der Waals surface area contributed by atoms with E-state index in [4.69, 9.17) is 5.53 Å². The predicted molar refractivity (Wildman–Crippen MR) is 41.9 cm³/mol. The van der Waals surface area contributed by atoms with Crippen LogP contribution in [0.15, 0.2) is 18.2 Å². The molecule has 3 heteroatoms. The van der Waals surface area contributed by atoms with Gasteiger partial charge in [0.05, 0.1) is 0 Å². The molecule has 0 spiro atoms. The molecule has 0 saturated carbocycles. The monoisotopic (exact) mass is 150 g/mol. The second-order valence-corrected chi connectivity index (χ2v) is 2.64. The van der Waals surface area contributed by atoms with Gasteiger partial charge in [-0.1, -0.05) is 10.9 Å². The van der Waals surface area contributed by atoms with Gasteiger partial charge in [0.25, 0.3) is 0 Å². The van der Waals surface area contributed by atoms with Crippen LogP contribution in [0.1, 0.15) is 11.1 Å². The predicted octanol–water partition coefficient (Wildman–Crippen LogP) is 2.48. The average molecular weight is 150 g/mol. The second-order valence-electron chi connectivity index (χ2n) is 2.64. The topological polar surface area (TPSA) is 49.9 Å². The van der Waals surface area contributed by atoms with E-state index in [1.165, 1.54) is 0 Å². The molecule has 58 valence electrons. The van der Waals surface area contributed by atoms with Crippen LogP contribution in [0.4, 0.5) is 5.69 Å². The Kier molecular flexibility index (Phi) is 1.89. The molecule has 0 fully saturated rings. The lowest BCUT2D eigenvalue weighted by Crippen LogP contribution is -1.88. The van der Waals surface area contributed by atoms with Crippen LogP contribution in [0.3, 0.4) is 0 Å². The number of nitrogens with zero attached hydrogens (tertiary/aromatic N) is 1. The Hall–Kier alpha value is -1.38. The van der Waals surface area contributed by atoms with E-state index in [0.717, 1.165) is 11.1 Å². The Labute approximate surface area is 65.4 Å². The molecule has 0 bridgehead atoms. The smallest absolute Gasteiger partial charge is 0.244 e. The molecule has 0 aliphatic heterocycles. The van der Waals surface area contributed by atoms with Gasteiger partial charge in [-0.2, -0.15) is 0 Å². The molecule has 1 rings (SSSR count). The van der Waals surface area contributed by atoms with E-state index in [9.17, 15) is 5.21 Å². The summed E-state index contributed by atoms with van der Waals surface area (Å²) in [5, 5.41) is 10.5. The number of hydrogen-bond donors (Lipinski definition) is 1. The summed E-state index contributed by atoms with van der Waals surface area (Å²) in [6.45, 7) is 3.81. The largest absolute Gasteiger partial charge is 0.594 e. The highest BCUT2D eigenvalue weighted by molar-refractivity contribution is 5.37. The van der Waals surface area contributed by atoms with Gasteiger partial charge >= 0.3 is 0 Å². The van der Waals surface area contributed by atoms with Gasteiger partial charge in [0.15, 0.2) is 0 Å². The molecular formula is C8H10N2O. The fourth-order valence-electron chi connectivity index (χ4n) is 1.07. The molecule has 3 nitrogen and oxygen atoms in total. The zero-order valence-electron chi connectivity index (χ0n) is 6.59. The molecule has 0 atom stereocenters. The van der Waals surface area contributed by atoms with E-state index < -0.39 is 0 Å². The quantitative estimate of drug-likeness (QED) is 0.373. The molecule has 0 heterocycles. The fraction of sp³-hybridized carbons (Fsp3) is 0.250. The molecule has 1 N–H and O–H groups in total. The standard InChI is InChI=1S/C8H10N2O/c1-6-3-7(2)5-8(4-6)10(9)11/h3-5,9H,1-2H3. The minimum Gasteiger partial charge on any atom is -0.594 e. The molecule has 0 aromatic heterocycles. The van der Waals surface area contributed by atoms with Crippen LogP contribution in [-0.2, 0) is 0 Å². The van der Waals surface area contributed by atoms with E-state index >= 15 is 0 Å². The van der Waals surface area contributed by atoms with E-state index in [-0.39, 0.29) is 4.86 Å². The van der Waals surface area contributed by atoms with Crippen LogP contribution in [0, 0.1) is 24.6 Å². The molecule has 0 amide bonds. The van der Waals surface area contributed by atoms with E-state index in [1.54, 1.807) is 12.1 Å². The zero-order chi connectivity index (χ0) is 8.43. The molecule has 0 aliphatic carbocycles. The summed E-state index contributed by atoms with van der Waals surface area (Å²) in [4.78, 5) is 0.125. The van der Waals surface area contributed by atoms with Crippen molar-refractivity contribution in [1.29, 1.82) is 5.53 Å². The van der Waals surface area contributed by atoms with Crippen LogP contribution in [-0.4, -0.2) is 4.86 Å². The molecule has 0 aliphatic rings. The normalized spacial score (nSPS) is 9.64. The molecule has 1 aromatic carbocycles. The number of nitrogens with one attached hydrogen (secondary N) is 1. The highest BCUT2D eigenvalue weighted by Crippen LogP contribution is 2.15. The van der Waals surface area contributed by atoms with Crippen molar-refractivity contribution in [3.05, 3.63) is 34.5 Å². The number of aryl methyl sites for hydroxylation is 2. The van der Waals surface area contributed by atoms with Gasteiger partial charge in [-0.25, -0.2) is 0 Å². The van der Waals surface area contributed by atoms with Crippen LogP contribution in [0.25, 0.3) is 0 Å². The number of rotatable bonds is 1. The Morgan fingerprint density at radius 1 is 1.18 bits per heavy atom. The van der Waals surface area contributed by atoms with Crippen LogP contribution < -0.4 is 0 Å². The maximum atomic E-state index is 10.5. The Balaban J connectivity index is 3.19. The minimum absolute atomic E-state index is 0.125. The Bertz CT molecular complexity index is 274. The first-order valence-electron chi connectivity index (χ1n) is 3.36. The van der Waals surface area contributed by atoms with Gasteiger partial charge < -0.3 is 5.21 Å². The highest BCUT2D eigenvalue weighted by Gasteiger charge is 2.01. The summed E-state index contributed by atoms with van der Waals surface area (Å²) in [5.41, 5.74) is 9.20. The van der Waals surface area contributed by atoms with Gasteiger partial charge in [-0.05, 0) is 30.5 Å². The van der Waals surface area contributed by atoms with Crippen molar-refractivity contribution in [1.82, 2.24) is 0 Å². The SMILES string of the molecule is Cc1cc(C)cc([N+](=N)[O-])c1. The van der Waals surface area contributed by atoms with E-state index in [1.807, 2.05) is 19.9 Å².